The van der Waals surface area contributed by atoms with E-state index in [1.165, 1.54) is 4.90 Å². The Morgan fingerprint density at radius 1 is 1.42 bits per heavy atom. The van der Waals surface area contributed by atoms with Gasteiger partial charge in [-0.05, 0) is 24.1 Å². The van der Waals surface area contributed by atoms with Crippen LogP contribution >= 0.6 is 15.9 Å². The molecule has 0 spiro atoms. The predicted molar refractivity (Wildman–Crippen MR) is 102 cm³/mol. The number of halogens is 1. The Hall–Kier alpha value is -2.09. The first-order chi connectivity index (χ1) is 12.4. The standard InChI is InChI=1S/C18H24BrN3O4/c1-12(2)11-26-17(24)9-15-18(25)20-6-7-22(15)16(23)10-21-14-5-3-4-13(19)8-14/h3-5,8,12,15,21H,6-7,9-11H2,1-2H3,(H,20,25). The Labute approximate surface area is 161 Å². The molecule has 1 aliphatic heterocycles. The summed E-state index contributed by atoms with van der Waals surface area (Å²) in [7, 11) is 0. The maximum absolute atomic E-state index is 12.6. The molecule has 1 fully saturated rings. The van der Waals surface area contributed by atoms with Crippen molar-refractivity contribution in [1.29, 1.82) is 0 Å². The van der Waals surface area contributed by atoms with Gasteiger partial charge in [0.15, 0.2) is 0 Å². The molecule has 1 aliphatic rings. The molecule has 2 amide bonds. The van der Waals surface area contributed by atoms with Gasteiger partial charge in [0.1, 0.15) is 6.04 Å². The number of amides is 2. The van der Waals surface area contributed by atoms with Crippen LogP contribution < -0.4 is 10.6 Å². The van der Waals surface area contributed by atoms with Crippen LogP contribution in [-0.4, -0.2) is 55.0 Å². The van der Waals surface area contributed by atoms with Crippen LogP contribution in [-0.2, 0) is 19.1 Å². The summed E-state index contributed by atoms with van der Waals surface area (Å²) >= 11 is 3.38. The number of benzene rings is 1. The van der Waals surface area contributed by atoms with Gasteiger partial charge in [0.05, 0.1) is 19.6 Å². The van der Waals surface area contributed by atoms with E-state index in [1.54, 1.807) is 0 Å². The van der Waals surface area contributed by atoms with Gasteiger partial charge in [-0.2, -0.15) is 0 Å². The van der Waals surface area contributed by atoms with E-state index in [-0.39, 0.29) is 30.7 Å². The molecule has 0 bridgehead atoms. The van der Waals surface area contributed by atoms with Crippen molar-refractivity contribution in [2.24, 2.45) is 5.92 Å². The minimum Gasteiger partial charge on any atom is -0.465 e. The van der Waals surface area contributed by atoms with Gasteiger partial charge in [-0.25, -0.2) is 0 Å². The molecule has 8 heteroatoms. The summed E-state index contributed by atoms with van der Waals surface area (Å²) in [5.41, 5.74) is 0.794. The highest BCUT2D eigenvalue weighted by molar-refractivity contribution is 9.10. The Balaban J connectivity index is 1.96. The van der Waals surface area contributed by atoms with E-state index in [0.717, 1.165) is 10.2 Å². The van der Waals surface area contributed by atoms with Crippen molar-refractivity contribution in [2.75, 3.05) is 31.6 Å². The van der Waals surface area contributed by atoms with Crippen molar-refractivity contribution in [3.05, 3.63) is 28.7 Å². The minimum atomic E-state index is -0.833. The third-order valence-corrected chi connectivity index (χ3v) is 4.35. The molecule has 2 rings (SSSR count). The molecule has 2 N–H and O–H groups in total. The molecule has 1 heterocycles. The SMILES string of the molecule is CC(C)COC(=O)CC1C(=O)NCCN1C(=O)CNc1cccc(Br)c1. The molecular weight excluding hydrogens is 402 g/mol. The summed E-state index contributed by atoms with van der Waals surface area (Å²) in [6.45, 7) is 4.95. The van der Waals surface area contributed by atoms with Crippen LogP contribution in [0.15, 0.2) is 28.7 Å². The molecule has 26 heavy (non-hydrogen) atoms. The van der Waals surface area contributed by atoms with E-state index < -0.39 is 12.0 Å². The van der Waals surface area contributed by atoms with Gasteiger partial charge < -0.3 is 20.3 Å². The lowest BCUT2D eigenvalue weighted by atomic mass is 10.1. The molecular formula is C18H24BrN3O4. The Kier molecular flexibility index (Phi) is 7.44. The first kappa shape index (κ1) is 20.2. The Morgan fingerprint density at radius 3 is 2.88 bits per heavy atom. The molecule has 1 aromatic rings. The fraction of sp³-hybridized carbons (Fsp3) is 0.500. The summed E-state index contributed by atoms with van der Waals surface area (Å²) in [6, 6.07) is 6.62. The van der Waals surface area contributed by atoms with Crippen molar-refractivity contribution in [3.63, 3.8) is 0 Å². The number of ether oxygens (including phenoxy) is 1. The number of anilines is 1. The highest BCUT2D eigenvalue weighted by Gasteiger charge is 2.34. The largest absolute Gasteiger partial charge is 0.465 e. The quantitative estimate of drug-likeness (QED) is 0.650. The van der Waals surface area contributed by atoms with Crippen molar-refractivity contribution in [3.8, 4) is 0 Å². The predicted octanol–water partition coefficient (Wildman–Crippen LogP) is 1.78. The molecule has 1 aromatic carbocycles. The van der Waals surface area contributed by atoms with E-state index in [2.05, 4.69) is 26.6 Å². The number of nitrogens with one attached hydrogen (secondary N) is 2. The zero-order valence-corrected chi connectivity index (χ0v) is 16.5. The van der Waals surface area contributed by atoms with Crippen LogP contribution in [0.2, 0.25) is 0 Å². The number of carbonyl (C=O) groups is 3. The second-order valence-electron chi connectivity index (χ2n) is 6.54. The van der Waals surface area contributed by atoms with E-state index in [4.69, 9.17) is 4.74 Å². The van der Waals surface area contributed by atoms with Crippen molar-refractivity contribution in [2.45, 2.75) is 26.3 Å². The molecule has 0 radical (unpaired) electrons. The number of carbonyl (C=O) groups excluding carboxylic acids is 3. The highest BCUT2D eigenvalue weighted by atomic mass is 79.9. The molecule has 0 saturated carbocycles. The van der Waals surface area contributed by atoms with Crippen LogP contribution in [0.25, 0.3) is 0 Å². The summed E-state index contributed by atoms with van der Waals surface area (Å²) in [4.78, 5) is 38.2. The zero-order valence-electron chi connectivity index (χ0n) is 15.0. The molecule has 1 saturated heterocycles. The van der Waals surface area contributed by atoms with Crippen LogP contribution in [0.3, 0.4) is 0 Å². The molecule has 0 aliphatic carbocycles. The van der Waals surface area contributed by atoms with E-state index in [0.29, 0.717) is 19.7 Å². The molecule has 7 nitrogen and oxygen atoms in total. The van der Waals surface area contributed by atoms with Gasteiger partial charge in [0.2, 0.25) is 11.8 Å². The van der Waals surface area contributed by atoms with Gasteiger partial charge in [0, 0.05) is 23.2 Å². The maximum atomic E-state index is 12.6. The summed E-state index contributed by atoms with van der Waals surface area (Å²) in [5.74, 6) is -0.820. The molecule has 0 aromatic heterocycles. The lowest BCUT2D eigenvalue weighted by molar-refractivity contribution is -0.152. The lowest BCUT2D eigenvalue weighted by Crippen LogP contribution is -2.58. The second-order valence-corrected chi connectivity index (χ2v) is 7.45. The number of hydrogen-bond donors (Lipinski definition) is 2. The third-order valence-electron chi connectivity index (χ3n) is 3.86. The third kappa shape index (κ3) is 6.01. The Morgan fingerprint density at radius 2 is 2.19 bits per heavy atom. The fourth-order valence-electron chi connectivity index (χ4n) is 2.57. The molecule has 142 valence electrons. The lowest BCUT2D eigenvalue weighted by Gasteiger charge is -2.34. The summed E-state index contributed by atoms with van der Waals surface area (Å²) in [6.07, 6.45) is -0.138. The van der Waals surface area contributed by atoms with Crippen LogP contribution in [0.4, 0.5) is 5.69 Å². The van der Waals surface area contributed by atoms with Gasteiger partial charge >= 0.3 is 5.97 Å². The van der Waals surface area contributed by atoms with Crippen LogP contribution in [0.1, 0.15) is 20.3 Å². The first-order valence-corrected chi connectivity index (χ1v) is 9.38. The number of nitrogens with zero attached hydrogens (tertiary/aromatic N) is 1. The summed E-state index contributed by atoms with van der Waals surface area (Å²) < 4.78 is 6.05. The van der Waals surface area contributed by atoms with Crippen molar-refractivity contribution < 1.29 is 19.1 Å². The highest BCUT2D eigenvalue weighted by Crippen LogP contribution is 2.16. The topological polar surface area (TPSA) is 87.7 Å². The maximum Gasteiger partial charge on any atom is 0.308 e. The molecule has 1 unspecified atom stereocenters. The van der Waals surface area contributed by atoms with E-state index >= 15 is 0 Å². The average molecular weight is 426 g/mol. The number of rotatable bonds is 7. The normalized spacial score (nSPS) is 17.0. The number of esters is 1. The van der Waals surface area contributed by atoms with Gasteiger partial charge in [-0.15, -0.1) is 0 Å². The second kappa shape index (κ2) is 9.56. The monoisotopic (exact) mass is 425 g/mol. The van der Waals surface area contributed by atoms with E-state index in [1.807, 2.05) is 38.1 Å². The van der Waals surface area contributed by atoms with Gasteiger partial charge in [0.25, 0.3) is 0 Å². The zero-order chi connectivity index (χ0) is 19.1. The van der Waals surface area contributed by atoms with Crippen molar-refractivity contribution >= 4 is 39.4 Å². The first-order valence-electron chi connectivity index (χ1n) is 8.59. The van der Waals surface area contributed by atoms with E-state index in [9.17, 15) is 14.4 Å². The Bertz CT molecular complexity index is 666. The van der Waals surface area contributed by atoms with Gasteiger partial charge in [-0.1, -0.05) is 35.8 Å². The smallest absolute Gasteiger partial charge is 0.308 e. The number of hydrogen-bond acceptors (Lipinski definition) is 5. The molecule has 1 atom stereocenters. The minimum absolute atomic E-state index is 0.0429. The van der Waals surface area contributed by atoms with Crippen molar-refractivity contribution in [1.82, 2.24) is 10.2 Å². The van der Waals surface area contributed by atoms with Crippen LogP contribution in [0.5, 0.6) is 0 Å². The number of piperazine rings is 1. The van der Waals surface area contributed by atoms with Gasteiger partial charge in [-0.3, -0.25) is 14.4 Å². The fourth-order valence-corrected chi connectivity index (χ4v) is 2.97. The summed E-state index contributed by atoms with van der Waals surface area (Å²) in [5, 5.41) is 5.74. The average Bonchev–Trinajstić information content (AvgIpc) is 2.59. The van der Waals surface area contributed by atoms with Crippen LogP contribution in [0, 0.1) is 5.92 Å².